The molecule has 2 unspecified atom stereocenters. The Kier molecular flexibility index (Phi) is 5.25. The molecule has 2 rings (SSSR count). The fraction of sp³-hybridized carbons (Fsp3) is 0.294. The molecule has 2 aromatic carbocycles. The molecule has 0 fully saturated rings. The van der Waals surface area contributed by atoms with Crippen LogP contribution in [0.25, 0.3) is 0 Å². The van der Waals surface area contributed by atoms with Crippen LogP contribution >= 0.6 is 0 Å². The van der Waals surface area contributed by atoms with Crippen molar-refractivity contribution in [2.24, 2.45) is 0 Å². The number of aryl methyl sites for hydroxylation is 1. The van der Waals surface area contributed by atoms with Crippen molar-refractivity contribution in [3.8, 4) is 0 Å². The lowest BCUT2D eigenvalue weighted by Crippen LogP contribution is -2.24. The summed E-state index contributed by atoms with van der Waals surface area (Å²) in [7, 11) is 0. The fourth-order valence-corrected chi connectivity index (χ4v) is 2.29. The third-order valence-corrected chi connectivity index (χ3v) is 3.65. The standard InChI is InChI=1S/C17H20N2O3/c1-12-4-3-5-15(10-12)17(20)11-18-13(2)14-6-8-16(9-7-14)19(21)22/h3-10,13,17-18,20H,11H2,1-2H3. The zero-order valence-corrected chi connectivity index (χ0v) is 12.7. The molecule has 0 radical (unpaired) electrons. The van der Waals surface area contributed by atoms with Gasteiger partial charge in [0, 0.05) is 24.7 Å². The number of nitro benzene ring substituents is 1. The molecule has 0 saturated heterocycles. The predicted octanol–water partition coefficient (Wildman–Crippen LogP) is 3.29. The van der Waals surface area contributed by atoms with Crippen molar-refractivity contribution in [2.45, 2.75) is 26.0 Å². The molecular weight excluding hydrogens is 280 g/mol. The lowest BCUT2D eigenvalue weighted by Gasteiger charge is -2.18. The smallest absolute Gasteiger partial charge is 0.269 e. The van der Waals surface area contributed by atoms with E-state index in [1.54, 1.807) is 12.1 Å². The van der Waals surface area contributed by atoms with Gasteiger partial charge in [-0.05, 0) is 25.0 Å². The molecular formula is C17H20N2O3. The monoisotopic (exact) mass is 300 g/mol. The van der Waals surface area contributed by atoms with Gasteiger partial charge < -0.3 is 10.4 Å². The van der Waals surface area contributed by atoms with E-state index >= 15 is 0 Å². The Hall–Kier alpha value is -2.24. The number of aliphatic hydroxyl groups excluding tert-OH is 1. The Morgan fingerprint density at radius 2 is 1.86 bits per heavy atom. The first kappa shape index (κ1) is 16.1. The highest BCUT2D eigenvalue weighted by atomic mass is 16.6. The summed E-state index contributed by atoms with van der Waals surface area (Å²) in [5.74, 6) is 0. The SMILES string of the molecule is Cc1cccc(C(O)CNC(C)c2ccc([N+](=O)[O-])cc2)c1. The average Bonchev–Trinajstić information content (AvgIpc) is 2.52. The highest BCUT2D eigenvalue weighted by Gasteiger charge is 2.12. The molecule has 0 aliphatic rings. The van der Waals surface area contributed by atoms with Gasteiger partial charge in [0.05, 0.1) is 11.0 Å². The minimum absolute atomic E-state index is 0.000244. The number of hydrogen-bond acceptors (Lipinski definition) is 4. The molecule has 5 nitrogen and oxygen atoms in total. The van der Waals surface area contributed by atoms with Gasteiger partial charge in [0.25, 0.3) is 5.69 Å². The largest absolute Gasteiger partial charge is 0.387 e. The van der Waals surface area contributed by atoms with E-state index in [1.165, 1.54) is 12.1 Å². The Morgan fingerprint density at radius 3 is 2.45 bits per heavy atom. The van der Waals surface area contributed by atoms with Crippen molar-refractivity contribution in [3.05, 3.63) is 75.3 Å². The molecule has 116 valence electrons. The molecule has 2 atom stereocenters. The van der Waals surface area contributed by atoms with E-state index in [1.807, 2.05) is 38.1 Å². The summed E-state index contributed by atoms with van der Waals surface area (Å²) in [4.78, 5) is 10.2. The number of nitrogens with one attached hydrogen (secondary N) is 1. The fourth-order valence-electron chi connectivity index (χ4n) is 2.29. The van der Waals surface area contributed by atoms with Crippen LogP contribution in [0.2, 0.25) is 0 Å². The highest BCUT2D eigenvalue weighted by Crippen LogP contribution is 2.19. The first-order chi connectivity index (χ1) is 10.5. The van der Waals surface area contributed by atoms with Crippen LogP contribution in [-0.2, 0) is 0 Å². The zero-order valence-electron chi connectivity index (χ0n) is 12.7. The van der Waals surface area contributed by atoms with E-state index in [0.717, 1.165) is 16.7 Å². The molecule has 0 bridgehead atoms. The maximum absolute atomic E-state index is 10.6. The van der Waals surface area contributed by atoms with Crippen molar-refractivity contribution >= 4 is 5.69 Å². The Balaban J connectivity index is 1.94. The van der Waals surface area contributed by atoms with E-state index in [2.05, 4.69) is 5.32 Å². The molecule has 2 N–H and O–H groups in total. The highest BCUT2D eigenvalue weighted by molar-refractivity contribution is 5.34. The lowest BCUT2D eigenvalue weighted by molar-refractivity contribution is -0.384. The summed E-state index contributed by atoms with van der Waals surface area (Å²) in [6.45, 7) is 4.37. The van der Waals surface area contributed by atoms with Gasteiger partial charge in [-0.3, -0.25) is 10.1 Å². The van der Waals surface area contributed by atoms with Crippen LogP contribution in [0.15, 0.2) is 48.5 Å². The van der Waals surface area contributed by atoms with Gasteiger partial charge in [-0.2, -0.15) is 0 Å². The van der Waals surface area contributed by atoms with Gasteiger partial charge in [-0.25, -0.2) is 0 Å². The predicted molar refractivity (Wildman–Crippen MR) is 85.7 cm³/mol. The van der Waals surface area contributed by atoms with Gasteiger partial charge in [-0.1, -0.05) is 42.0 Å². The molecule has 0 heterocycles. The summed E-state index contributed by atoms with van der Waals surface area (Å²) in [5, 5.41) is 24.1. The van der Waals surface area contributed by atoms with Gasteiger partial charge in [0.2, 0.25) is 0 Å². The molecule has 0 saturated carbocycles. The number of hydrogen-bond donors (Lipinski definition) is 2. The van der Waals surface area contributed by atoms with Crippen LogP contribution < -0.4 is 5.32 Å². The summed E-state index contributed by atoms with van der Waals surface area (Å²) >= 11 is 0. The maximum atomic E-state index is 10.6. The Morgan fingerprint density at radius 1 is 1.18 bits per heavy atom. The number of aliphatic hydroxyl groups is 1. The molecule has 0 aromatic heterocycles. The van der Waals surface area contributed by atoms with Crippen molar-refractivity contribution in [3.63, 3.8) is 0 Å². The van der Waals surface area contributed by atoms with E-state index in [-0.39, 0.29) is 11.7 Å². The number of rotatable bonds is 6. The molecule has 0 amide bonds. The summed E-state index contributed by atoms with van der Waals surface area (Å²) in [6, 6.07) is 14.2. The molecule has 0 spiro atoms. The molecule has 0 aliphatic carbocycles. The van der Waals surface area contributed by atoms with Crippen molar-refractivity contribution in [1.82, 2.24) is 5.32 Å². The first-order valence-corrected chi connectivity index (χ1v) is 7.19. The summed E-state index contributed by atoms with van der Waals surface area (Å²) in [5.41, 5.74) is 3.01. The second-order valence-corrected chi connectivity index (χ2v) is 5.41. The molecule has 5 heteroatoms. The normalized spacial score (nSPS) is 13.6. The third-order valence-electron chi connectivity index (χ3n) is 3.65. The van der Waals surface area contributed by atoms with Gasteiger partial charge >= 0.3 is 0 Å². The summed E-state index contributed by atoms with van der Waals surface area (Å²) < 4.78 is 0. The first-order valence-electron chi connectivity index (χ1n) is 7.19. The Labute approximate surface area is 129 Å². The van der Waals surface area contributed by atoms with E-state index in [4.69, 9.17) is 0 Å². The van der Waals surface area contributed by atoms with Gasteiger partial charge in [0.1, 0.15) is 0 Å². The molecule has 22 heavy (non-hydrogen) atoms. The van der Waals surface area contributed by atoms with Gasteiger partial charge in [0.15, 0.2) is 0 Å². The third kappa shape index (κ3) is 4.13. The number of benzene rings is 2. The second-order valence-electron chi connectivity index (χ2n) is 5.41. The quantitative estimate of drug-likeness (QED) is 0.634. The lowest BCUT2D eigenvalue weighted by atomic mass is 10.0. The van der Waals surface area contributed by atoms with Crippen LogP contribution in [-0.4, -0.2) is 16.6 Å². The van der Waals surface area contributed by atoms with Gasteiger partial charge in [-0.15, -0.1) is 0 Å². The van der Waals surface area contributed by atoms with Crippen molar-refractivity contribution in [2.75, 3.05) is 6.54 Å². The zero-order chi connectivity index (χ0) is 16.1. The maximum Gasteiger partial charge on any atom is 0.269 e. The van der Waals surface area contributed by atoms with E-state index in [0.29, 0.717) is 6.54 Å². The van der Waals surface area contributed by atoms with E-state index in [9.17, 15) is 15.2 Å². The second kappa shape index (κ2) is 7.15. The van der Waals surface area contributed by atoms with Crippen molar-refractivity contribution < 1.29 is 10.0 Å². The van der Waals surface area contributed by atoms with Crippen LogP contribution in [0, 0.1) is 17.0 Å². The topological polar surface area (TPSA) is 75.4 Å². The molecule has 0 aliphatic heterocycles. The van der Waals surface area contributed by atoms with E-state index < -0.39 is 11.0 Å². The van der Waals surface area contributed by atoms with Crippen LogP contribution in [0.5, 0.6) is 0 Å². The number of nitrogens with zero attached hydrogens (tertiary/aromatic N) is 1. The number of nitro groups is 1. The minimum Gasteiger partial charge on any atom is -0.387 e. The Bertz CT molecular complexity index is 641. The minimum atomic E-state index is -0.583. The van der Waals surface area contributed by atoms with Crippen LogP contribution in [0.3, 0.4) is 0 Å². The van der Waals surface area contributed by atoms with Crippen molar-refractivity contribution in [1.29, 1.82) is 0 Å². The molecule has 2 aromatic rings. The average molecular weight is 300 g/mol. The summed E-state index contributed by atoms with van der Waals surface area (Å²) in [6.07, 6.45) is -0.583. The van der Waals surface area contributed by atoms with Crippen LogP contribution in [0.1, 0.15) is 35.8 Å². The van der Waals surface area contributed by atoms with Crippen LogP contribution in [0.4, 0.5) is 5.69 Å². The number of non-ortho nitro benzene ring substituents is 1.